The van der Waals surface area contributed by atoms with E-state index in [-0.39, 0.29) is 19.1 Å². The van der Waals surface area contributed by atoms with Gasteiger partial charge in [-0.25, -0.2) is 9.59 Å². The lowest BCUT2D eigenvalue weighted by atomic mass is 10.1. The Labute approximate surface area is 380 Å². The quantitative estimate of drug-likeness (QED) is 0.135. The molecule has 324 valence electrons. The number of nitrogens with two attached hydrogens (primary N) is 1. The highest BCUT2D eigenvalue weighted by Crippen LogP contribution is 2.34. The molecule has 3 N–H and O–H groups in total. The van der Waals surface area contributed by atoms with Crippen LogP contribution in [0.3, 0.4) is 0 Å². The third-order valence-electron chi connectivity index (χ3n) is 10.2. The van der Waals surface area contributed by atoms with Gasteiger partial charge in [0.15, 0.2) is 0 Å². The molecular weight excluding hydrogens is 863 g/mol. The minimum atomic E-state index is -0.615. The van der Waals surface area contributed by atoms with Gasteiger partial charge in [0, 0.05) is 49.0 Å². The van der Waals surface area contributed by atoms with Crippen LogP contribution in [0.25, 0.3) is 22.3 Å². The van der Waals surface area contributed by atoms with Crippen molar-refractivity contribution in [2.24, 2.45) is 0 Å². The fourth-order valence-corrected chi connectivity index (χ4v) is 7.57. The van der Waals surface area contributed by atoms with Gasteiger partial charge in [0.25, 0.3) is 0 Å². The van der Waals surface area contributed by atoms with E-state index >= 15 is 0 Å². The van der Waals surface area contributed by atoms with Crippen LogP contribution in [0, 0.1) is 0 Å². The molecule has 4 heterocycles. The Morgan fingerprint density at radius 3 is 1.54 bits per heavy atom. The fraction of sp³-hybridized carbons (Fsp3) is 0.208. The third-order valence-corrected chi connectivity index (χ3v) is 11.0. The largest absolute Gasteiger partial charge is 0.445 e. The van der Waals surface area contributed by atoms with Gasteiger partial charge in [-0.05, 0) is 59.5 Å². The minimum Gasteiger partial charge on any atom is -0.445 e. The van der Waals surface area contributed by atoms with Crippen LogP contribution < -0.4 is 11.1 Å². The second-order valence-corrected chi connectivity index (χ2v) is 15.6. The van der Waals surface area contributed by atoms with E-state index in [2.05, 4.69) is 15.3 Å². The van der Waals surface area contributed by atoms with Crippen molar-refractivity contribution >= 4 is 69.5 Å². The van der Waals surface area contributed by atoms with Crippen molar-refractivity contribution in [3.05, 3.63) is 167 Å². The van der Waals surface area contributed by atoms with Crippen LogP contribution >= 0.6 is 34.8 Å². The lowest BCUT2D eigenvalue weighted by Gasteiger charge is -2.24. The van der Waals surface area contributed by atoms with Crippen LogP contribution in [0.1, 0.15) is 36.8 Å². The molecule has 2 atom stereocenters. The van der Waals surface area contributed by atoms with E-state index in [9.17, 15) is 19.2 Å². The van der Waals surface area contributed by atoms with Gasteiger partial charge in [0.2, 0.25) is 11.1 Å². The molecule has 15 heteroatoms. The number of amides is 3. The molecule has 2 aromatic heterocycles. The first-order valence-corrected chi connectivity index (χ1v) is 21.3. The van der Waals surface area contributed by atoms with Gasteiger partial charge in [0.05, 0.1) is 21.4 Å². The topological polar surface area (TPSA) is 157 Å². The zero-order valence-electron chi connectivity index (χ0n) is 34.1. The number of aromatic nitrogens is 2. The molecule has 6 aromatic rings. The van der Waals surface area contributed by atoms with Gasteiger partial charge in [-0.2, -0.15) is 0 Å². The van der Waals surface area contributed by atoms with Crippen molar-refractivity contribution < 1.29 is 28.7 Å². The molecule has 2 aliphatic rings. The highest BCUT2D eigenvalue weighted by molar-refractivity contribution is 6.64. The zero-order valence-corrected chi connectivity index (χ0v) is 36.4. The summed E-state index contributed by atoms with van der Waals surface area (Å²) in [5.74, 6) is -0.292. The number of nitrogens with one attached hydrogen (secondary N) is 1. The van der Waals surface area contributed by atoms with Crippen molar-refractivity contribution in [3.8, 4) is 22.3 Å². The normalized spacial score (nSPS) is 15.2. The van der Waals surface area contributed by atoms with E-state index in [4.69, 9.17) is 50.0 Å². The number of benzene rings is 4. The van der Waals surface area contributed by atoms with Crippen LogP contribution in [-0.4, -0.2) is 68.3 Å². The first kappa shape index (κ1) is 46.0. The summed E-state index contributed by atoms with van der Waals surface area (Å²) in [5.41, 5.74) is 12.2. The summed E-state index contributed by atoms with van der Waals surface area (Å²) in [7, 11) is 0. The van der Waals surface area contributed by atoms with E-state index in [1.807, 2.05) is 121 Å². The van der Waals surface area contributed by atoms with Gasteiger partial charge in [-0.15, -0.1) is 0 Å². The number of nitrogen functional groups attached to an aromatic ring is 1. The average molecular weight is 908 g/mol. The number of ether oxygens (including phenoxy) is 2. The fourth-order valence-electron chi connectivity index (χ4n) is 6.98. The summed E-state index contributed by atoms with van der Waals surface area (Å²) >= 11 is 17.7. The summed E-state index contributed by atoms with van der Waals surface area (Å²) in [6.45, 7) is 1.37. The molecule has 3 amide bonds. The van der Waals surface area contributed by atoms with Crippen LogP contribution in [0.5, 0.6) is 0 Å². The second-order valence-electron chi connectivity index (χ2n) is 14.4. The molecule has 63 heavy (non-hydrogen) atoms. The molecule has 2 fully saturated rings. The Bertz CT molecular complexity index is 2450. The number of pyridine rings is 2. The summed E-state index contributed by atoms with van der Waals surface area (Å²) in [6.07, 6.45) is 8.14. The second kappa shape index (κ2) is 23.1. The number of carbonyl (C=O) groups is 4. The monoisotopic (exact) mass is 906 g/mol. The Balaban J connectivity index is 0.000000174. The molecule has 0 bridgehead atoms. The number of rotatable bonds is 9. The van der Waals surface area contributed by atoms with Crippen LogP contribution in [0.4, 0.5) is 21.0 Å². The highest BCUT2D eigenvalue weighted by Gasteiger charge is 2.36. The van der Waals surface area contributed by atoms with Crippen molar-refractivity contribution in [1.82, 2.24) is 19.8 Å². The zero-order chi connectivity index (χ0) is 44.6. The maximum absolute atomic E-state index is 13.1. The van der Waals surface area contributed by atoms with Gasteiger partial charge in [-0.3, -0.25) is 29.4 Å². The van der Waals surface area contributed by atoms with Crippen molar-refractivity contribution in [2.75, 3.05) is 24.1 Å². The predicted molar refractivity (Wildman–Crippen MR) is 246 cm³/mol. The molecule has 2 saturated heterocycles. The summed E-state index contributed by atoms with van der Waals surface area (Å²) < 4.78 is 10.6. The first-order valence-electron chi connectivity index (χ1n) is 20.2. The lowest BCUT2D eigenvalue weighted by Crippen LogP contribution is -2.43. The summed E-state index contributed by atoms with van der Waals surface area (Å²) in [5, 5.41) is 3.25. The SMILES string of the molecule is Nc1c(Cl)cncc1-c1ccccc1.O=C(Cl)[C@@H]1CCCN1C(=O)OCc1ccccc1.O=C(Nc1c(Cl)cncc1-c1ccccc1)[C@@H]1CCCN1C(=O)OCc1ccccc1. The summed E-state index contributed by atoms with van der Waals surface area (Å²) in [6, 6.07) is 37.1. The van der Waals surface area contributed by atoms with E-state index in [0.29, 0.717) is 47.4 Å². The highest BCUT2D eigenvalue weighted by atomic mass is 35.5. The molecule has 0 radical (unpaired) electrons. The van der Waals surface area contributed by atoms with Crippen LogP contribution in [-0.2, 0) is 32.3 Å². The Hall–Kier alpha value is -6.47. The van der Waals surface area contributed by atoms with Crippen molar-refractivity contribution in [1.29, 1.82) is 0 Å². The molecule has 12 nitrogen and oxygen atoms in total. The van der Waals surface area contributed by atoms with Gasteiger partial charge in [-0.1, -0.05) is 145 Å². The molecule has 0 spiro atoms. The molecule has 0 aliphatic carbocycles. The molecule has 8 rings (SSSR count). The number of halogens is 3. The Morgan fingerprint density at radius 2 is 1.03 bits per heavy atom. The maximum Gasteiger partial charge on any atom is 0.410 e. The molecule has 0 unspecified atom stereocenters. The number of likely N-dealkylation sites (tertiary alicyclic amines) is 2. The van der Waals surface area contributed by atoms with Gasteiger partial charge < -0.3 is 20.5 Å². The van der Waals surface area contributed by atoms with Crippen molar-refractivity contribution in [3.63, 3.8) is 0 Å². The third kappa shape index (κ3) is 12.8. The van der Waals surface area contributed by atoms with E-state index in [0.717, 1.165) is 46.2 Å². The average Bonchev–Trinajstić information content (AvgIpc) is 4.03. The molecular formula is C48H45Cl3N6O6. The number of anilines is 2. The standard InChI is InChI=1S/C24H22ClN3O3.C13H14ClNO3.C11H9ClN2/c25-20-15-26-14-19(18-10-5-2-6-11-18)22(20)27-23(29)21-12-7-13-28(21)24(30)31-16-17-8-3-1-4-9-17;14-12(16)11-7-4-8-15(11)13(17)18-9-10-5-2-1-3-6-10;12-10-7-14-6-9(11(10)13)8-4-2-1-3-5-8/h1-6,8-11,14-15,21H,7,12-13,16H2,(H,26,27,29);1-3,5-6,11H,4,7-9H2;1-7H,(H2,13,14)/t21-;11-;/m00./s1. The Kier molecular flexibility index (Phi) is 16.9. The van der Waals surface area contributed by atoms with Gasteiger partial charge in [0.1, 0.15) is 25.3 Å². The number of hydrogen-bond acceptors (Lipinski definition) is 9. The Morgan fingerprint density at radius 1 is 0.603 bits per heavy atom. The summed E-state index contributed by atoms with van der Waals surface area (Å²) in [4.78, 5) is 59.8. The number of nitrogens with zero attached hydrogens (tertiary/aromatic N) is 4. The molecule has 2 aliphatic heterocycles. The number of carbonyl (C=O) groups excluding carboxylic acids is 4. The molecule has 0 saturated carbocycles. The van der Waals surface area contributed by atoms with E-state index in [1.54, 1.807) is 18.6 Å². The van der Waals surface area contributed by atoms with E-state index in [1.165, 1.54) is 16.0 Å². The van der Waals surface area contributed by atoms with Gasteiger partial charge >= 0.3 is 12.2 Å². The smallest absolute Gasteiger partial charge is 0.410 e. The minimum absolute atomic E-state index is 0.166. The van der Waals surface area contributed by atoms with E-state index < -0.39 is 29.5 Å². The molecule has 4 aromatic carbocycles. The van der Waals surface area contributed by atoms with Crippen LogP contribution in [0.2, 0.25) is 10.0 Å². The van der Waals surface area contributed by atoms with Crippen molar-refractivity contribution in [2.45, 2.75) is 51.0 Å². The predicted octanol–water partition coefficient (Wildman–Crippen LogP) is 10.7. The first-order chi connectivity index (χ1) is 30.6. The lowest BCUT2D eigenvalue weighted by molar-refractivity contribution is -0.120. The van der Waals surface area contributed by atoms with Crippen LogP contribution in [0.15, 0.2) is 146 Å². The number of hydrogen-bond donors (Lipinski definition) is 2. The maximum atomic E-state index is 13.1.